The van der Waals surface area contributed by atoms with Gasteiger partial charge in [-0.2, -0.15) is 0 Å². The van der Waals surface area contributed by atoms with Crippen LogP contribution in [0.15, 0.2) is 17.1 Å². The number of nitrogens with one attached hydrogen (secondary N) is 1. The zero-order chi connectivity index (χ0) is 10.7. The van der Waals surface area contributed by atoms with Crippen molar-refractivity contribution in [1.82, 2.24) is 5.32 Å². The van der Waals surface area contributed by atoms with Crippen LogP contribution in [0.1, 0.15) is 10.4 Å². The number of hydrogen-bond donors (Lipinski definition) is 1. The summed E-state index contributed by atoms with van der Waals surface area (Å²) < 4.78 is 1.59. The van der Waals surface area contributed by atoms with Crippen LogP contribution in [0, 0.1) is 0 Å². The Morgan fingerprint density at radius 2 is 2.29 bits per heavy atom. The molecule has 1 amide bonds. The van der Waals surface area contributed by atoms with Gasteiger partial charge >= 0.3 is 0 Å². The molecule has 1 heterocycles. The molecule has 0 aliphatic carbocycles. The van der Waals surface area contributed by atoms with E-state index in [0.717, 1.165) is 0 Å². The van der Waals surface area contributed by atoms with E-state index in [1.165, 1.54) is 11.3 Å². The number of halogens is 3. The molecule has 0 radical (unpaired) electrons. The summed E-state index contributed by atoms with van der Waals surface area (Å²) in [7, 11) is 0. The topological polar surface area (TPSA) is 29.1 Å². The lowest BCUT2D eigenvalue weighted by atomic mass is 10.3. The molecule has 0 spiro atoms. The Labute approximate surface area is 104 Å². The van der Waals surface area contributed by atoms with Gasteiger partial charge in [-0.3, -0.25) is 4.79 Å². The van der Waals surface area contributed by atoms with Gasteiger partial charge < -0.3 is 5.32 Å². The van der Waals surface area contributed by atoms with Crippen LogP contribution < -0.4 is 5.32 Å². The molecule has 1 aromatic rings. The van der Waals surface area contributed by atoms with Gasteiger partial charge in [0, 0.05) is 11.0 Å². The molecule has 0 aromatic carbocycles. The van der Waals surface area contributed by atoms with Crippen molar-refractivity contribution in [3.05, 3.63) is 31.4 Å². The Hall–Kier alpha value is -0.0300. The van der Waals surface area contributed by atoms with Crippen molar-refractivity contribution in [2.45, 2.75) is 0 Å². The number of rotatable bonds is 3. The number of carbonyl (C=O) groups is 1. The van der Waals surface area contributed by atoms with E-state index < -0.39 is 0 Å². The molecular weight excluding hydrogens is 309 g/mol. The summed E-state index contributed by atoms with van der Waals surface area (Å²) in [5.74, 6) is -0.251. The fraction of sp³-hybridized carbons (Fsp3) is 0.125. The largest absolute Gasteiger partial charge is 0.347 e. The van der Waals surface area contributed by atoms with Crippen LogP contribution >= 0.6 is 50.5 Å². The minimum Gasteiger partial charge on any atom is -0.347 e. The van der Waals surface area contributed by atoms with Crippen LogP contribution in [0.25, 0.3) is 0 Å². The monoisotopic (exact) mass is 313 g/mol. The molecule has 0 bridgehead atoms. The number of carbonyl (C=O) groups excluding carboxylic acids is 1. The molecule has 14 heavy (non-hydrogen) atoms. The van der Waals surface area contributed by atoms with Crippen molar-refractivity contribution in [2.24, 2.45) is 0 Å². The lowest BCUT2D eigenvalue weighted by molar-refractivity contribution is 0.0958. The molecule has 1 aromatic heterocycles. The summed E-state index contributed by atoms with van der Waals surface area (Å²) in [6.45, 7) is 3.96. The molecular formula is C8H6BrCl2NOS. The van der Waals surface area contributed by atoms with Gasteiger partial charge in [0.25, 0.3) is 5.91 Å². The normalized spacial score (nSPS) is 9.93. The van der Waals surface area contributed by atoms with Crippen LogP contribution in [0.3, 0.4) is 0 Å². The van der Waals surface area contributed by atoms with E-state index in [2.05, 4.69) is 27.8 Å². The highest BCUT2D eigenvalue weighted by Crippen LogP contribution is 2.30. The average Bonchev–Trinajstić information content (AvgIpc) is 2.41. The van der Waals surface area contributed by atoms with E-state index in [1.54, 1.807) is 6.07 Å². The quantitative estimate of drug-likeness (QED) is 0.905. The first-order valence-corrected chi connectivity index (χ1v) is 5.93. The summed E-state index contributed by atoms with van der Waals surface area (Å²) in [5, 5.41) is 2.63. The van der Waals surface area contributed by atoms with Gasteiger partial charge in [-0.25, -0.2) is 0 Å². The van der Waals surface area contributed by atoms with Crippen LogP contribution in [-0.4, -0.2) is 12.5 Å². The summed E-state index contributed by atoms with van der Waals surface area (Å²) in [6.07, 6.45) is 0. The van der Waals surface area contributed by atoms with E-state index in [0.29, 0.717) is 25.3 Å². The second kappa shape index (κ2) is 5.16. The zero-order valence-electron chi connectivity index (χ0n) is 6.94. The molecule has 0 atom stereocenters. The number of thiophene rings is 1. The van der Waals surface area contributed by atoms with Crippen LogP contribution in [0.4, 0.5) is 0 Å². The van der Waals surface area contributed by atoms with Gasteiger partial charge in [0.05, 0.1) is 9.90 Å². The van der Waals surface area contributed by atoms with Crippen molar-refractivity contribution < 1.29 is 4.79 Å². The Morgan fingerprint density at radius 1 is 1.64 bits per heavy atom. The highest BCUT2D eigenvalue weighted by atomic mass is 79.9. The molecule has 0 saturated carbocycles. The maximum atomic E-state index is 11.5. The van der Waals surface area contributed by atoms with Crippen molar-refractivity contribution in [2.75, 3.05) is 6.54 Å². The van der Waals surface area contributed by atoms with Gasteiger partial charge in [-0.15, -0.1) is 11.3 Å². The second-order valence-corrected chi connectivity index (χ2v) is 5.84. The molecule has 0 unspecified atom stereocenters. The minimum absolute atomic E-state index is 0.251. The SMILES string of the molecule is C=C(Br)CNC(=O)c1cc(Cl)sc1Cl. The zero-order valence-corrected chi connectivity index (χ0v) is 10.9. The fourth-order valence-electron chi connectivity index (χ4n) is 0.766. The molecule has 0 aliphatic rings. The molecule has 1 rings (SSSR count). The molecule has 0 fully saturated rings. The van der Waals surface area contributed by atoms with E-state index in [-0.39, 0.29) is 5.91 Å². The first-order valence-electron chi connectivity index (χ1n) is 3.57. The first-order chi connectivity index (χ1) is 6.50. The second-order valence-electron chi connectivity index (χ2n) is 2.44. The average molecular weight is 315 g/mol. The van der Waals surface area contributed by atoms with Crippen LogP contribution in [0.2, 0.25) is 8.67 Å². The number of amides is 1. The third-order valence-electron chi connectivity index (χ3n) is 1.34. The predicted octanol–water partition coefficient (Wildman–Crippen LogP) is 3.69. The van der Waals surface area contributed by atoms with Crippen molar-refractivity contribution in [3.8, 4) is 0 Å². The maximum Gasteiger partial charge on any atom is 0.254 e. The Kier molecular flexibility index (Phi) is 4.44. The maximum absolute atomic E-state index is 11.5. The lowest BCUT2D eigenvalue weighted by Crippen LogP contribution is -2.24. The molecule has 0 saturated heterocycles. The van der Waals surface area contributed by atoms with E-state index in [4.69, 9.17) is 23.2 Å². The summed E-state index contributed by atoms with van der Waals surface area (Å²) in [4.78, 5) is 11.5. The van der Waals surface area contributed by atoms with E-state index >= 15 is 0 Å². The molecule has 2 nitrogen and oxygen atoms in total. The molecule has 6 heteroatoms. The highest BCUT2D eigenvalue weighted by molar-refractivity contribution is 9.11. The summed E-state index contributed by atoms with van der Waals surface area (Å²) in [6, 6.07) is 1.54. The third kappa shape index (κ3) is 3.28. The van der Waals surface area contributed by atoms with Crippen LogP contribution in [0.5, 0.6) is 0 Å². The Bertz CT molecular complexity index is 377. The van der Waals surface area contributed by atoms with Crippen LogP contribution in [-0.2, 0) is 0 Å². The lowest BCUT2D eigenvalue weighted by Gasteiger charge is -2.01. The van der Waals surface area contributed by atoms with Crippen molar-refractivity contribution >= 4 is 56.4 Å². The van der Waals surface area contributed by atoms with Crippen molar-refractivity contribution in [1.29, 1.82) is 0 Å². The third-order valence-corrected chi connectivity index (χ3v) is 3.11. The summed E-state index contributed by atoms with van der Waals surface area (Å²) >= 11 is 15.8. The van der Waals surface area contributed by atoms with E-state index in [1.807, 2.05) is 0 Å². The van der Waals surface area contributed by atoms with Crippen molar-refractivity contribution in [3.63, 3.8) is 0 Å². The Balaban J connectivity index is 2.69. The van der Waals surface area contributed by atoms with Gasteiger partial charge in [-0.05, 0) is 6.07 Å². The number of hydrogen-bond acceptors (Lipinski definition) is 2. The predicted molar refractivity (Wildman–Crippen MR) is 64.7 cm³/mol. The molecule has 1 N–H and O–H groups in total. The van der Waals surface area contributed by atoms with E-state index in [9.17, 15) is 4.79 Å². The highest BCUT2D eigenvalue weighted by Gasteiger charge is 2.13. The smallest absolute Gasteiger partial charge is 0.254 e. The first kappa shape index (κ1) is 12.0. The Morgan fingerprint density at radius 3 is 2.71 bits per heavy atom. The summed E-state index contributed by atoms with van der Waals surface area (Å²) in [5.41, 5.74) is 0.399. The standard InChI is InChI=1S/C8H6BrCl2NOS/c1-4(9)3-12-8(13)5-2-6(10)14-7(5)11/h2H,1,3H2,(H,12,13). The van der Waals surface area contributed by atoms with Gasteiger partial charge in [0.2, 0.25) is 0 Å². The molecule has 0 aliphatic heterocycles. The van der Waals surface area contributed by atoms with Gasteiger partial charge in [-0.1, -0.05) is 45.7 Å². The fourth-order valence-corrected chi connectivity index (χ4v) is 2.36. The minimum atomic E-state index is -0.251. The van der Waals surface area contributed by atoms with Gasteiger partial charge in [0.1, 0.15) is 4.34 Å². The van der Waals surface area contributed by atoms with Gasteiger partial charge in [0.15, 0.2) is 0 Å². The molecule has 76 valence electrons.